The predicted octanol–water partition coefficient (Wildman–Crippen LogP) is 1.51. The normalized spacial score (nSPS) is 10.1. The van der Waals surface area contributed by atoms with Gasteiger partial charge >= 0.3 is 0 Å². The van der Waals surface area contributed by atoms with E-state index < -0.39 is 0 Å². The lowest BCUT2D eigenvalue weighted by Gasteiger charge is -2.04. The van der Waals surface area contributed by atoms with Gasteiger partial charge in [0.2, 0.25) is 0 Å². The molecule has 0 aliphatic rings. The molecule has 0 saturated carbocycles. The van der Waals surface area contributed by atoms with E-state index in [0.29, 0.717) is 0 Å². The van der Waals surface area contributed by atoms with Crippen LogP contribution >= 0.6 is 11.3 Å². The minimum atomic E-state index is 0.795. The minimum absolute atomic E-state index is 0.795. The fourth-order valence-electron chi connectivity index (χ4n) is 1.07. The Morgan fingerprint density at radius 1 is 1.43 bits per heavy atom. The smallest absolute Gasteiger partial charge is 0.199 e. The number of rotatable bonds is 2. The predicted molar refractivity (Wildman–Crippen MR) is 57.9 cm³/mol. The highest BCUT2D eigenvalue weighted by Crippen LogP contribution is 2.28. The highest BCUT2D eigenvalue weighted by Gasteiger charge is 2.05. The summed E-state index contributed by atoms with van der Waals surface area (Å²) in [5.41, 5.74) is 1.07. The van der Waals surface area contributed by atoms with Crippen LogP contribution in [0.15, 0.2) is 30.7 Å². The number of hydrazine groups is 1. The van der Waals surface area contributed by atoms with Gasteiger partial charge in [-0.05, 0) is 6.07 Å². The molecular weight excluding hydrogens is 196 g/mol. The van der Waals surface area contributed by atoms with Crippen molar-refractivity contribution in [3.63, 3.8) is 0 Å². The van der Waals surface area contributed by atoms with Crippen LogP contribution in [0.3, 0.4) is 0 Å². The van der Waals surface area contributed by atoms with E-state index in [0.717, 1.165) is 15.6 Å². The van der Waals surface area contributed by atoms with Gasteiger partial charge in [-0.3, -0.25) is 9.99 Å². The molecule has 0 fully saturated rings. The highest BCUT2D eigenvalue weighted by molar-refractivity contribution is 7.18. The van der Waals surface area contributed by atoms with E-state index >= 15 is 0 Å². The Kier molecular flexibility index (Phi) is 2.43. The molecule has 0 atom stereocenters. The average molecular weight is 206 g/mol. The van der Waals surface area contributed by atoms with E-state index in [9.17, 15) is 0 Å². The van der Waals surface area contributed by atoms with Gasteiger partial charge in [0, 0.05) is 31.2 Å². The third kappa shape index (κ3) is 1.73. The van der Waals surface area contributed by atoms with Gasteiger partial charge in [0.15, 0.2) is 5.13 Å². The molecule has 0 spiro atoms. The average Bonchev–Trinajstić information content (AvgIpc) is 2.68. The number of anilines is 1. The molecule has 2 rings (SSSR count). The van der Waals surface area contributed by atoms with Crippen molar-refractivity contribution in [3.05, 3.63) is 30.7 Å². The van der Waals surface area contributed by atoms with Crippen molar-refractivity contribution in [2.45, 2.75) is 0 Å². The Balaban J connectivity index is 2.34. The number of nitrogens with zero attached hydrogens (tertiary/aromatic N) is 3. The summed E-state index contributed by atoms with van der Waals surface area (Å²) in [6.07, 6.45) is 5.37. The van der Waals surface area contributed by atoms with Crippen LogP contribution < -0.4 is 10.9 Å². The van der Waals surface area contributed by atoms with Crippen molar-refractivity contribution < 1.29 is 0 Å². The first kappa shape index (κ1) is 9.11. The maximum atomic E-state index is 5.57. The number of hydrogen-bond acceptors (Lipinski definition) is 5. The number of pyridine rings is 1. The van der Waals surface area contributed by atoms with Crippen LogP contribution in [0, 0.1) is 0 Å². The van der Waals surface area contributed by atoms with Crippen molar-refractivity contribution in [1.82, 2.24) is 9.97 Å². The van der Waals surface area contributed by atoms with Crippen LogP contribution in [-0.4, -0.2) is 17.0 Å². The lowest BCUT2D eigenvalue weighted by molar-refractivity contribution is 1.00. The molecule has 0 aromatic carbocycles. The molecule has 72 valence electrons. The third-order valence-corrected chi connectivity index (χ3v) is 2.88. The van der Waals surface area contributed by atoms with Gasteiger partial charge in [-0.25, -0.2) is 10.8 Å². The summed E-state index contributed by atoms with van der Waals surface area (Å²) in [6, 6.07) is 3.90. The molecule has 2 N–H and O–H groups in total. The molecule has 5 heteroatoms. The van der Waals surface area contributed by atoms with Crippen molar-refractivity contribution in [2.24, 2.45) is 5.84 Å². The highest BCUT2D eigenvalue weighted by atomic mass is 32.1. The van der Waals surface area contributed by atoms with Crippen LogP contribution in [0.5, 0.6) is 0 Å². The number of thiazole rings is 1. The monoisotopic (exact) mass is 206 g/mol. The van der Waals surface area contributed by atoms with E-state index in [2.05, 4.69) is 9.97 Å². The van der Waals surface area contributed by atoms with Crippen molar-refractivity contribution in [1.29, 1.82) is 0 Å². The second kappa shape index (κ2) is 3.73. The first-order valence-corrected chi connectivity index (χ1v) is 4.93. The fourth-order valence-corrected chi connectivity index (χ4v) is 1.86. The first-order chi connectivity index (χ1) is 6.77. The zero-order valence-electron chi connectivity index (χ0n) is 7.71. The second-order valence-electron chi connectivity index (χ2n) is 2.86. The molecular formula is C9H10N4S. The maximum absolute atomic E-state index is 5.57. The van der Waals surface area contributed by atoms with Crippen molar-refractivity contribution >= 4 is 16.5 Å². The second-order valence-corrected chi connectivity index (χ2v) is 3.87. The minimum Gasteiger partial charge on any atom is -0.289 e. The van der Waals surface area contributed by atoms with Gasteiger partial charge < -0.3 is 0 Å². The summed E-state index contributed by atoms with van der Waals surface area (Å²) < 4.78 is 0. The quantitative estimate of drug-likeness (QED) is 0.598. The van der Waals surface area contributed by atoms with E-state index in [-0.39, 0.29) is 0 Å². The van der Waals surface area contributed by atoms with Crippen LogP contribution in [0.25, 0.3) is 10.4 Å². The van der Waals surface area contributed by atoms with Crippen LogP contribution in [-0.2, 0) is 0 Å². The van der Waals surface area contributed by atoms with E-state index in [1.807, 2.05) is 18.3 Å². The molecule has 0 bridgehead atoms. The number of hydrogen-bond donors (Lipinski definition) is 1. The van der Waals surface area contributed by atoms with Gasteiger partial charge in [-0.15, -0.1) is 0 Å². The summed E-state index contributed by atoms with van der Waals surface area (Å²) in [4.78, 5) is 9.31. The molecule has 4 nitrogen and oxygen atoms in total. The Bertz CT molecular complexity index is 410. The van der Waals surface area contributed by atoms with Crippen molar-refractivity contribution in [3.8, 4) is 10.4 Å². The molecule has 2 aromatic heterocycles. The largest absolute Gasteiger partial charge is 0.289 e. The Morgan fingerprint density at radius 3 is 2.86 bits per heavy atom. The van der Waals surface area contributed by atoms with Gasteiger partial charge in [0.25, 0.3) is 0 Å². The van der Waals surface area contributed by atoms with Gasteiger partial charge in [-0.1, -0.05) is 17.4 Å². The van der Waals surface area contributed by atoms with Crippen molar-refractivity contribution in [2.75, 3.05) is 12.1 Å². The molecule has 2 heterocycles. The van der Waals surface area contributed by atoms with Crippen LogP contribution in [0.4, 0.5) is 5.13 Å². The Labute approximate surface area is 86.0 Å². The SMILES string of the molecule is CN(N)c1ncc(-c2cccnc2)s1. The third-order valence-electron chi connectivity index (χ3n) is 1.74. The van der Waals surface area contributed by atoms with E-state index in [1.54, 1.807) is 30.8 Å². The topological polar surface area (TPSA) is 55.0 Å². The maximum Gasteiger partial charge on any atom is 0.199 e. The van der Waals surface area contributed by atoms with Gasteiger partial charge in [0.05, 0.1) is 4.88 Å². The molecule has 14 heavy (non-hydrogen) atoms. The lowest BCUT2D eigenvalue weighted by atomic mass is 10.3. The lowest BCUT2D eigenvalue weighted by Crippen LogP contribution is -2.24. The van der Waals surface area contributed by atoms with Gasteiger partial charge in [-0.2, -0.15) is 0 Å². The van der Waals surface area contributed by atoms with Crippen LogP contribution in [0.1, 0.15) is 0 Å². The molecule has 0 aliphatic heterocycles. The molecule has 2 aromatic rings. The molecule has 0 aliphatic carbocycles. The molecule has 0 radical (unpaired) electrons. The zero-order valence-corrected chi connectivity index (χ0v) is 8.53. The van der Waals surface area contributed by atoms with Crippen LogP contribution in [0.2, 0.25) is 0 Å². The summed E-state index contributed by atoms with van der Waals surface area (Å²) in [7, 11) is 1.77. The van der Waals surface area contributed by atoms with E-state index in [4.69, 9.17) is 5.84 Å². The standard InChI is InChI=1S/C9H10N4S/c1-13(10)9-12-6-8(14-9)7-3-2-4-11-5-7/h2-6H,10H2,1H3. The number of aromatic nitrogens is 2. The molecule has 0 saturated heterocycles. The number of nitrogens with two attached hydrogens (primary N) is 1. The fraction of sp³-hybridized carbons (Fsp3) is 0.111. The van der Waals surface area contributed by atoms with E-state index in [1.165, 1.54) is 5.01 Å². The zero-order chi connectivity index (χ0) is 9.97. The summed E-state index contributed by atoms with van der Waals surface area (Å²) in [5, 5.41) is 2.30. The molecule has 0 unspecified atom stereocenters. The summed E-state index contributed by atoms with van der Waals surface area (Å²) >= 11 is 1.54. The molecule has 0 amide bonds. The van der Waals surface area contributed by atoms with Gasteiger partial charge in [0.1, 0.15) is 0 Å². The Morgan fingerprint density at radius 2 is 2.29 bits per heavy atom. The Hall–Kier alpha value is -1.46. The summed E-state index contributed by atoms with van der Waals surface area (Å²) in [6.45, 7) is 0. The summed E-state index contributed by atoms with van der Waals surface area (Å²) in [5.74, 6) is 5.57. The first-order valence-electron chi connectivity index (χ1n) is 4.12.